The van der Waals surface area contributed by atoms with Crippen LogP contribution in [0.3, 0.4) is 0 Å². The third-order valence-corrected chi connectivity index (χ3v) is 4.67. The van der Waals surface area contributed by atoms with E-state index in [4.69, 9.17) is 9.29 Å². The number of aliphatic hydroxyl groups is 1. The first-order valence-corrected chi connectivity index (χ1v) is 7.95. The predicted molar refractivity (Wildman–Crippen MR) is 68.8 cm³/mol. The normalized spacial score (nSPS) is 26.8. The Morgan fingerprint density at radius 3 is 2.42 bits per heavy atom. The summed E-state index contributed by atoms with van der Waals surface area (Å²) in [6, 6.07) is 0. The highest BCUT2D eigenvalue weighted by Crippen LogP contribution is 2.61. The molecular formula is C12H22O6S. The summed E-state index contributed by atoms with van der Waals surface area (Å²) < 4.78 is 35.8. The van der Waals surface area contributed by atoms with E-state index in [2.05, 4.69) is 0 Å². The molecule has 1 unspecified atom stereocenters. The molecule has 7 heteroatoms. The van der Waals surface area contributed by atoms with Gasteiger partial charge in [0.2, 0.25) is 0 Å². The number of hydrogen-bond acceptors (Lipinski definition) is 5. The van der Waals surface area contributed by atoms with Gasteiger partial charge in [-0.3, -0.25) is 9.35 Å². The van der Waals surface area contributed by atoms with Gasteiger partial charge in [0.25, 0.3) is 10.1 Å². The average Bonchev–Trinajstić information content (AvgIpc) is 2.85. The van der Waals surface area contributed by atoms with Crippen molar-refractivity contribution in [1.82, 2.24) is 0 Å². The van der Waals surface area contributed by atoms with E-state index in [1.807, 2.05) is 6.92 Å². The van der Waals surface area contributed by atoms with Crippen LogP contribution in [0.4, 0.5) is 0 Å². The Bertz CT molecular complexity index is 428. The molecule has 2 N–H and O–H groups in total. The van der Waals surface area contributed by atoms with E-state index >= 15 is 0 Å². The Kier molecular flexibility index (Phi) is 4.97. The van der Waals surface area contributed by atoms with Gasteiger partial charge in [-0.25, -0.2) is 0 Å². The summed E-state index contributed by atoms with van der Waals surface area (Å²) in [5.74, 6) is -2.01. The molecule has 1 aliphatic rings. The van der Waals surface area contributed by atoms with Crippen molar-refractivity contribution in [3.8, 4) is 0 Å². The third-order valence-electron chi connectivity index (χ3n) is 3.77. The fraction of sp³-hybridized carbons (Fsp3) is 0.917. The van der Waals surface area contributed by atoms with Crippen molar-refractivity contribution in [2.75, 3.05) is 6.61 Å². The van der Waals surface area contributed by atoms with Gasteiger partial charge in [0.05, 0.1) is 12.5 Å². The lowest BCUT2D eigenvalue weighted by atomic mass is 10.1. The SMILES string of the molecule is CCCCCOC(=O)[C@H]1[C@H](C(O)S(=O)(=O)O)C1(C)C. The molecule has 0 aromatic carbocycles. The molecule has 6 nitrogen and oxygen atoms in total. The molecule has 112 valence electrons. The summed E-state index contributed by atoms with van der Waals surface area (Å²) in [4.78, 5) is 11.8. The molecule has 3 atom stereocenters. The van der Waals surface area contributed by atoms with Crippen molar-refractivity contribution >= 4 is 16.1 Å². The molecule has 0 heterocycles. The van der Waals surface area contributed by atoms with Gasteiger partial charge >= 0.3 is 5.97 Å². The van der Waals surface area contributed by atoms with Gasteiger partial charge in [-0.15, -0.1) is 0 Å². The minimum atomic E-state index is -4.56. The monoisotopic (exact) mass is 294 g/mol. The van der Waals surface area contributed by atoms with E-state index in [0.29, 0.717) is 6.61 Å². The van der Waals surface area contributed by atoms with Gasteiger partial charge in [-0.1, -0.05) is 33.6 Å². The number of rotatable bonds is 7. The van der Waals surface area contributed by atoms with Crippen LogP contribution in [0.5, 0.6) is 0 Å². The number of ether oxygens (including phenoxy) is 1. The minimum Gasteiger partial charge on any atom is -0.465 e. The fourth-order valence-electron chi connectivity index (χ4n) is 2.46. The second-order valence-electron chi connectivity index (χ2n) is 5.60. The van der Waals surface area contributed by atoms with Gasteiger partial charge in [0, 0.05) is 5.92 Å². The molecule has 0 spiro atoms. The maximum atomic E-state index is 11.8. The lowest BCUT2D eigenvalue weighted by Gasteiger charge is -2.07. The van der Waals surface area contributed by atoms with E-state index in [0.717, 1.165) is 19.3 Å². The van der Waals surface area contributed by atoms with Crippen LogP contribution in [-0.4, -0.2) is 36.1 Å². The van der Waals surface area contributed by atoms with Crippen molar-refractivity contribution in [3.05, 3.63) is 0 Å². The van der Waals surface area contributed by atoms with Crippen LogP contribution >= 0.6 is 0 Å². The second kappa shape index (κ2) is 5.76. The topological polar surface area (TPSA) is 101 Å². The Balaban J connectivity index is 2.58. The van der Waals surface area contributed by atoms with Crippen LogP contribution < -0.4 is 0 Å². The summed E-state index contributed by atoms with van der Waals surface area (Å²) >= 11 is 0. The Morgan fingerprint density at radius 1 is 1.37 bits per heavy atom. The molecule has 1 saturated carbocycles. The first kappa shape index (κ1) is 16.4. The molecule has 0 amide bonds. The van der Waals surface area contributed by atoms with Gasteiger partial charge in [0.1, 0.15) is 0 Å². The first-order chi connectivity index (χ1) is 8.64. The summed E-state index contributed by atoms with van der Waals surface area (Å²) in [5.41, 5.74) is -2.62. The van der Waals surface area contributed by atoms with Crippen molar-refractivity contribution in [2.45, 2.75) is 45.5 Å². The molecule has 0 aliphatic heterocycles. The van der Waals surface area contributed by atoms with Crippen LogP contribution in [0.15, 0.2) is 0 Å². The molecule has 0 bridgehead atoms. The van der Waals surface area contributed by atoms with Crippen LogP contribution in [-0.2, 0) is 19.6 Å². The zero-order valence-electron chi connectivity index (χ0n) is 11.5. The summed E-state index contributed by atoms with van der Waals surface area (Å²) in [6.45, 7) is 5.67. The first-order valence-electron chi connectivity index (χ1n) is 6.45. The van der Waals surface area contributed by atoms with Gasteiger partial charge in [-0.2, -0.15) is 8.42 Å². The van der Waals surface area contributed by atoms with E-state index < -0.39 is 38.8 Å². The van der Waals surface area contributed by atoms with Crippen LogP contribution in [0.1, 0.15) is 40.0 Å². The molecule has 19 heavy (non-hydrogen) atoms. The molecule has 0 saturated heterocycles. The summed E-state index contributed by atoms with van der Waals surface area (Å²) in [7, 11) is -4.56. The van der Waals surface area contributed by atoms with Gasteiger partial charge in [-0.05, 0) is 11.8 Å². The van der Waals surface area contributed by atoms with E-state index in [-0.39, 0.29) is 0 Å². The summed E-state index contributed by atoms with van der Waals surface area (Å²) in [6.07, 6.45) is 2.73. The molecule has 1 aliphatic carbocycles. The highest BCUT2D eigenvalue weighted by atomic mass is 32.2. The smallest absolute Gasteiger partial charge is 0.309 e. The van der Waals surface area contributed by atoms with Crippen molar-refractivity contribution in [3.63, 3.8) is 0 Å². The van der Waals surface area contributed by atoms with Crippen molar-refractivity contribution in [1.29, 1.82) is 0 Å². The predicted octanol–water partition coefficient (Wildman–Crippen LogP) is 1.20. The number of carbonyl (C=O) groups excluding carboxylic acids is 1. The zero-order chi connectivity index (χ0) is 14.8. The zero-order valence-corrected chi connectivity index (χ0v) is 12.3. The minimum absolute atomic E-state index is 0.300. The summed E-state index contributed by atoms with van der Waals surface area (Å²) in [5, 5.41) is 9.54. The Labute approximate surface area is 113 Å². The van der Waals surface area contributed by atoms with E-state index in [9.17, 15) is 18.3 Å². The van der Waals surface area contributed by atoms with Gasteiger partial charge < -0.3 is 9.84 Å². The number of hydrogen-bond donors (Lipinski definition) is 2. The number of aliphatic hydroxyl groups excluding tert-OH is 1. The standard InChI is InChI=1S/C12H22O6S/c1-4-5-6-7-18-10(13)8-9(12(8,2)3)11(14)19(15,16)17/h8-9,11,14H,4-7H2,1-3H3,(H,15,16,17)/t8-,9-,11?/m1/s1. The van der Waals surface area contributed by atoms with E-state index in [1.165, 1.54) is 0 Å². The van der Waals surface area contributed by atoms with Crippen molar-refractivity contribution < 1.29 is 27.6 Å². The third kappa shape index (κ3) is 3.67. The second-order valence-corrected chi connectivity index (χ2v) is 7.12. The van der Waals surface area contributed by atoms with Crippen LogP contribution in [0, 0.1) is 17.3 Å². The van der Waals surface area contributed by atoms with Gasteiger partial charge in [0.15, 0.2) is 5.44 Å². The molecule has 1 rings (SSSR count). The maximum absolute atomic E-state index is 11.8. The quantitative estimate of drug-likeness (QED) is 0.415. The average molecular weight is 294 g/mol. The highest BCUT2D eigenvalue weighted by Gasteiger charge is 2.67. The Hall–Kier alpha value is -0.660. The number of unbranched alkanes of at least 4 members (excludes halogenated alkanes) is 2. The fourth-order valence-corrected chi connectivity index (χ4v) is 3.34. The molecule has 1 fully saturated rings. The molecular weight excluding hydrogens is 272 g/mol. The van der Waals surface area contributed by atoms with Crippen LogP contribution in [0.2, 0.25) is 0 Å². The van der Waals surface area contributed by atoms with Crippen molar-refractivity contribution in [2.24, 2.45) is 17.3 Å². The number of carbonyl (C=O) groups is 1. The molecule has 0 aromatic heterocycles. The Morgan fingerprint density at radius 2 is 1.95 bits per heavy atom. The lowest BCUT2D eigenvalue weighted by molar-refractivity contribution is -0.146. The van der Waals surface area contributed by atoms with Crippen LogP contribution in [0.25, 0.3) is 0 Å². The maximum Gasteiger partial charge on any atom is 0.309 e. The van der Waals surface area contributed by atoms with E-state index in [1.54, 1.807) is 13.8 Å². The number of esters is 1. The molecule has 0 radical (unpaired) electrons. The lowest BCUT2D eigenvalue weighted by Crippen LogP contribution is -2.25. The largest absolute Gasteiger partial charge is 0.465 e. The highest BCUT2D eigenvalue weighted by molar-refractivity contribution is 7.86. The molecule has 0 aromatic rings.